The third-order valence-corrected chi connectivity index (χ3v) is 1.89. The number of alkyl halides is 2. The van der Waals surface area contributed by atoms with Crippen LogP contribution in [0.3, 0.4) is 0 Å². The number of hydrogen-bond donors (Lipinski definition) is 1. The average molecular weight is 179 g/mol. The molecule has 3 nitrogen and oxygen atoms in total. The van der Waals surface area contributed by atoms with E-state index in [1.165, 1.54) is 0 Å². The number of hydrogen-bond acceptors (Lipinski definition) is 2. The van der Waals surface area contributed by atoms with Gasteiger partial charge in [-0.25, -0.2) is 0 Å². The van der Waals surface area contributed by atoms with Crippen LogP contribution in [0.1, 0.15) is 12.8 Å². The number of aliphatic hydroxyl groups is 1. The zero-order chi connectivity index (χ0) is 9.14. The molecule has 0 unspecified atom stereocenters. The van der Waals surface area contributed by atoms with E-state index in [1.807, 2.05) is 0 Å². The molecule has 0 aromatic carbocycles. The maximum Gasteiger partial charge on any atom is 0.315 e. The van der Waals surface area contributed by atoms with Crippen LogP contribution < -0.4 is 0 Å². The van der Waals surface area contributed by atoms with Gasteiger partial charge < -0.3 is 10.0 Å². The molecule has 0 spiro atoms. The summed E-state index contributed by atoms with van der Waals surface area (Å²) in [5.74, 6) is -1.17. The van der Waals surface area contributed by atoms with Crippen molar-refractivity contribution in [3.63, 3.8) is 0 Å². The second-order valence-electron chi connectivity index (χ2n) is 2.88. The Bertz CT molecular complexity index is 175. The predicted octanol–water partition coefficient (Wildman–Crippen LogP) is 0.235. The normalized spacial score (nSPS) is 24.7. The van der Waals surface area contributed by atoms with Crippen LogP contribution in [0.4, 0.5) is 8.78 Å². The molecule has 0 saturated carbocycles. The number of β-amino-alcohol motifs (C(OH)–C–C–N with tert-alkyl or cyclic N) is 1. The second-order valence-corrected chi connectivity index (χ2v) is 2.88. The van der Waals surface area contributed by atoms with E-state index in [1.54, 1.807) is 0 Å². The van der Waals surface area contributed by atoms with Crippen LogP contribution in [0.25, 0.3) is 0 Å². The summed E-state index contributed by atoms with van der Waals surface area (Å²) >= 11 is 0. The summed E-state index contributed by atoms with van der Waals surface area (Å²) in [6, 6.07) is 0. The Morgan fingerprint density at radius 2 is 2.25 bits per heavy atom. The topological polar surface area (TPSA) is 40.5 Å². The highest BCUT2D eigenvalue weighted by atomic mass is 19.3. The van der Waals surface area contributed by atoms with E-state index < -0.39 is 18.4 Å². The van der Waals surface area contributed by atoms with Gasteiger partial charge in [-0.1, -0.05) is 0 Å². The van der Waals surface area contributed by atoms with E-state index in [0.29, 0.717) is 19.4 Å². The molecule has 1 fully saturated rings. The number of amides is 1. The number of nitrogens with zero attached hydrogens (tertiary/aromatic N) is 1. The Labute approximate surface area is 69.0 Å². The lowest BCUT2D eigenvalue weighted by Crippen LogP contribution is -2.44. The van der Waals surface area contributed by atoms with Crippen molar-refractivity contribution in [2.24, 2.45) is 0 Å². The zero-order valence-corrected chi connectivity index (χ0v) is 6.54. The first kappa shape index (κ1) is 9.38. The molecule has 12 heavy (non-hydrogen) atoms. The summed E-state index contributed by atoms with van der Waals surface area (Å²) in [7, 11) is 0. The lowest BCUT2D eigenvalue weighted by atomic mass is 10.1. The summed E-state index contributed by atoms with van der Waals surface area (Å²) < 4.78 is 23.7. The highest BCUT2D eigenvalue weighted by Gasteiger charge is 2.27. The van der Waals surface area contributed by atoms with Crippen molar-refractivity contribution in [1.29, 1.82) is 0 Å². The number of carbonyl (C=O) groups is 1. The van der Waals surface area contributed by atoms with Gasteiger partial charge in [-0.15, -0.1) is 0 Å². The Kier molecular flexibility index (Phi) is 2.97. The Hall–Kier alpha value is -0.710. The number of piperidine rings is 1. The third kappa shape index (κ3) is 2.14. The zero-order valence-electron chi connectivity index (χ0n) is 6.54. The molecular weight excluding hydrogens is 168 g/mol. The molecular formula is C7H11F2NO2. The fourth-order valence-corrected chi connectivity index (χ4v) is 1.29. The minimum absolute atomic E-state index is 0.0448. The van der Waals surface area contributed by atoms with Gasteiger partial charge in [-0.3, -0.25) is 4.79 Å². The Morgan fingerprint density at radius 1 is 1.58 bits per heavy atom. The van der Waals surface area contributed by atoms with E-state index in [0.717, 1.165) is 4.90 Å². The largest absolute Gasteiger partial charge is 0.391 e. The van der Waals surface area contributed by atoms with Crippen LogP contribution in [0.5, 0.6) is 0 Å². The van der Waals surface area contributed by atoms with Crippen LogP contribution in [0.15, 0.2) is 0 Å². The molecule has 5 heteroatoms. The lowest BCUT2D eigenvalue weighted by molar-refractivity contribution is -0.145. The van der Waals surface area contributed by atoms with E-state index in [2.05, 4.69) is 0 Å². The van der Waals surface area contributed by atoms with Crippen LogP contribution in [0.2, 0.25) is 0 Å². The summed E-state index contributed by atoms with van der Waals surface area (Å²) in [4.78, 5) is 11.7. The van der Waals surface area contributed by atoms with Crippen molar-refractivity contribution in [2.75, 3.05) is 13.1 Å². The van der Waals surface area contributed by atoms with E-state index in [9.17, 15) is 13.6 Å². The number of rotatable bonds is 1. The smallest absolute Gasteiger partial charge is 0.315 e. The standard InChI is InChI=1S/C7H11F2NO2/c8-6(9)7(12)10-3-1-2-5(11)4-10/h5-6,11H,1-4H2/t5-/m0/s1. The predicted molar refractivity (Wildman–Crippen MR) is 37.8 cm³/mol. The van der Waals surface area contributed by atoms with Gasteiger partial charge in [0, 0.05) is 13.1 Å². The van der Waals surface area contributed by atoms with E-state index in [4.69, 9.17) is 5.11 Å². The minimum atomic E-state index is -2.95. The first-order valence-electron chi connectivity index (χ1n) is 3.86. The van der Waals surface area contributed by atoms with Crippen LogP contribution in [-0.4, -0.2) is 41.5 Å². The monoisotopic (exact) mass is 179 g/mol. The van der Waals surface area contributed by atoms with Crippen LogP contribution >= 0.6 is 0 Å². The first-order chi connectivity index (χ1) is 5.61. The summed E-state index contributed by atoms with van der Waals surface area (Å²) in [5.41, 5.74) is 0. The second kappa shape index (κ2) is 3.80. The number of aliphatic hydroxyl groups excluding tert-OH is 1. The first-order valence-corrected chi connectivity index (χ1v) is 3.86. The highest BCUT2D eigenvalue weighted by Crippen LogP contribution is 2.12. The molecule has 0 aromatic heterocycles. The van der Waals surface area contributed by atoms with Crippen LogP contribution in [0, 0.1) is 0 Å². The minimum Gasteiger partial charge on any atom is -0.391 e. The van der Waals surface area contributed by atoms with Gasteiger partial charge in [-0.05, 0) is 12.8 Å². The molecule has 0 radical (unpaired) electrons. The molecule has 1 N–H and O–H groups in total. The van der Waals surface area contributed by atoms with E-state index in [-0.39, 0.29) is 6.54 Å². The molecule has 1 heterocycles. The number of likely N-dealkylation sites (tertiary alicyclic amines) is 1. The quantitative estimate of drug-likeness (QED) is 0.626. The number of carbonyl (C=O) groups excluding carboxylic acids is 1. The Balaban J connectivity index is 2.46. The van der Waals surface area contributed by atoms with Crippen molar-refractivity contribution in [1.82, 2.24) is 4.90 Å². The number of halogens is 2. The van der Waals surface area contributed by atoms with Gasteiger partial charge in [0.05, 0.1) is 6.10 Å². The molecule has 1 saturated heterocycles. The van der Waals surface area contributed by atoms with Gasteiger partial charge >= 0.3 is 6.43 Å². The third-order valence-electron chi connectivity index (χ3n) is 1.89. The highest BCUT2D eigenvalue weighted by molar-refractivity contribution is 5.79. The molecule has 0 bridgehead atoms. The van der Waals surface area contributed by atoms with Crippen molar-refractivity contribution >= 4 is 5.91 Å². The molecule has 1 amide bonds. The van der Waals surface area contributed by atoms with Crippen molar-refractivity contribution in [3.05, 3.63) is 0 Å². The van der Waals surface area contributed by atoms with Crippen molar-refractivity contribution < 1.29 is 18.7 Å². The van der Waals surface area contributed by atoms with Gasteiger partial charge in [0.15, 0.2) is 0 Å². The summed E-state index contributed by atoms with van der Waals surface area (Å²) in [6.45, 7) is 0.378. The molecule has 1 atom stereocenters. The summed E-state index contributed by atoms with van der Waals surface area (Å²) in [6.07, 6.45) is -2.40. The molecule has 0 aromatic rings. The maximum absolute atomic E-state index is 11.9. The maximum atomic E-state index is 11.9. The van der Waals surface area contributed by atoms with Gasteiger partial charge in [0.2, 0.25) is 0 Å². The molecule has 1 aliphatic heterocycles. The van der Waals surface area contributed by atoms with E-state index >= 15 is 0 Å². The van der Waals surface area contributed by atoms with Crippen molar-refractivity contribution in [2.45, 2.75) is 25.4 Å². The van der Waals surface area contributed by atoms with Gasteiger partial charge in [0.25, 0.3) is 5.91 Å². The van der Waals surface area contributed by atoms with Gasteiger partial charge in [0.1, 0.15) is 0 Å². The molecule has 0 aliphatic carbocycles. The fourth-order valence-electron chi connectivity index (χ4n) is 1.29. The summed E-state index contributed by atoms with van der Waals surface area (Å²) in [5, 5.41) is 9.07. The lowest BCUT2D eigenvalue weighted by Gasteiger charge is -2.29. The van der Waals surface area contributed by atoms with Gasteiger partial charge in [-0.2, -0.15) is 8.78 Å². The van der Waals surface area contributed by atoms with Crippen LogP contribution in [-0.2, 0) is 4.79 Å². The SMILES string of the molecule is O=C(C(F)F)N1CCC[C@H](O)C1. The molecule has 1 aliphatic rings. The van der Waals surface area contributed by atoms with Crippen molar-refractivity contribution in [3.8, 4) is 0 Å². The fraction of sp³-hybridized carbons (Fsp3) is 0.857. The molecule has 70 valence electrons. The Morgan fingerprint density at radius 3 is 2.75 bits per heavy atom. The average Bonchev–Trinajstić information content (AvgIpc) is 2.03. The molecule has 1 rings (SSSR count).